The number of benzene rings is 1. The van der Waals surface area contributed by atoms with E-state index in [0.29, 0.717) is 6.54 Å². The molecule has 0 bridgehead atoms. The van der Waals surface area contributed by atoms with Gasteiger partial charge >= 0.3 is 0 Å². The number of aromatic nitrogens is 2. The Morgan fingerprint density at radius 3 is 2.72 bits per heavy atom. The molecular weight excluding hydrogens is 222 g/mol. The van der Waals surface area contributed by atoms with Gasteiger partial charge in [0.2, 0.25) is 0 Å². The lowest BCUT2D eigenvalue weighted by Gasteiger charge is -2.09. The summed E-state index contributed by atoms with van der Waals surface area (Å²) in [7, 11) is 0. The molecule has 1 aromatic carbocycles. The Labute approximate surface area is 108 Å². The number of rotatable bonds is 3. The van der Waals surface area contributed by atoms with Crippen LogP contribution in [-0.2, 0) is 5.41 Å². The van der Waals surface area contributed by atoms with Gasteiger partial charge in [0, 0.05) is 18.2 Å². The first-order valence-electron chi connectivity index (χ1n) is 6.48. The van der Waals surface area contributed by atoms with Gasteiger partial charge in [0.25, 0.3) is 0 Å². The number of hydrogen-bond acceptors (Lipinski definition) is 2. The van der Waals surface area contributed by atoms with Crippen molar-refractivity contribution in [2.75, 3.05) is 6.54 Å². The van der Waals surface area contributed by atoms with Gasteiger partial charge in [-0.3, -0.25) is 0 Å². The molecule has 1 saturated carbocycles. The molecule has 0 radical (unpaired) electrons. The van der Waals surface area contributed by atoms with Crippen molar-refractivity contribution < 1.29 is 0 Å². The summed E-state index contributed by atoms with van der Waals surface area (Å²) < 4.78 is 1.98. The van der Waals surface area contributed by atoms with Crippen molar-refractivity contribution in [3.63, 3.8) is 0 Å². The van der Waals surface area contributed by atoms with Crippen LogP contribution in [0, 0.1) is 13.8 Å². The Bertz CT molecular complexity index is 579. The number of nitrogens with zero attached hydrogens (tertiary/aromatic N) is 2. The lowest BCUT2D eigenvalue weighted by atomic mass is 10.0. The van der Waals surface area contributed by atoms with E-state index < -0.39 is 0 Å². The van der Waals surface area contributed by atoms with Crippen LogP contribution in [0.2, 0.25) is 0 Å². The molecule has 3 heteroatoms. The summed E-state index contributed by atoms with van der Waals surface area (Å²) in [5, 5.41) is 4.72. The molecule has 0 atom stereocenters. The number of nitrogens with two attached hydrogens (primary N) is 1. The van der Waals surface area contributed by atoms with Gasteiger partial charge in [0.1, 0.15) is 0 Å². The van der Waals surface area contributed by atoms with Crippen molar-refractivity contribution >= 4 is 0 Å². The Morgan fingerprint density at radius 2 is 2.06 bits per heavy atom. The quantitative estimate of drug-likeness (QED) is 0.897. The van der Waals surface area contributed by atoms with E-state index >= 15 is 0 Å². The van der Waals surface area contributed by atoms with Crippen molar-refractivity contribution in [2.24, 2.45) is 5.73 Å². The van der Waals surface area contributed by atoms with Crippen LogP contribution in [0.4, 0.5) is 0 Å². The van der Waals surface area contributed by atoms with Gasteiger partial charge in [-0.25, -0.2) is 4.68 Å². The fourth-order valence-corrected chi connectivity index (χ4v) is 2.42. The van der Waals surface area contributed by atoms with Crippen molar-refractivity contribution in [3.05, 3.63) is 47.3 Å². The molecule has 18 heavy (non-hydrogen) atoms. The maximum absolute atomic E-state index is 5.85. The molecule has 3 rings (SSSR count). The molecule has 0 spiro atoms. The van der Waals surface area contributed by atoms with Gasteiger partial charge in [0.05, 0.1) is 11.4 Å². The normalized spacial score (nSPS) is 16.8. The van der Waals surface area contributed by atoms with E-state index in [2.05, 4.69) is 38.1 Å². The molecule has 3 nitrogen and oxygen atoms in total. The van der Waals surface area contributed by atoms with E-state index in [0.717, 1.165) is 11.4 Å². The summed E-state index contributed by atoms with van der Waals surface area (Å²) in [5.74, 6) is 0. The molecule has 2 N–H and O–H groups in total. The largest absolute Gasteiger partial charge is 0.330 e. The van der Waals surface area contributed by atoms with Gasteiger partial charge in [-0.1, -0.05) is 12.1 Å². The topological polar surface area (TPSA) is 43.8 Å². The molecule has 2 aromatic rings. The first-order valence-corrected chi connectivity index (χ1v) is 6.48. The highest BCUT2D eigenvalue weighted by molar-refractivity contribution is 5.43. The van der Waals surface area contributed by atoms with Crippen molar-refractivity contribution in [2.45, 2.75) is 32.1 Å². The Balaban J connectivity index is 2.00. The molecule has 1 aromatic heterocycles. The fourth-order valence-electron chi connectivity index (χ4n) is 2.42. The third-order valence-electron chi connectivity index (χ3n) is 3.99. The van der Waals surface area contributed by atoms with E-state index in [1.807, 2.05) is 10.9 Å². The predicted molar refractivity (Wildman–Crippen MR) is 73.0 cm³/mol. The standard InChI is InChI=1S/C15H19N3/c1-11-3-4-12(2)13(9-11)18-8-5-14(17-18)15(10-16)6-7-15/h3-5,8-9H,6-7,10,16H2,1-2H3. The monoisotopic (exact) mass is 241 g/mol. The van der Waals surface area contributed by atoms with E-state index in [4.69, 9.17) is 10.8 Å². The zero-order valence-corrected chi connectivity index (χ0v) is 11.0. The minimum atomic E-state index is 0.170. The molecule has 94 valence electrons. The van der Waals surface area contributed by atoms with Gasteiger partial charge < -0.3 is 5.73 Å². The predicted octanol–water partition coefficient (Wildman–Crippen LogP) is 2.48. The Hall–Kier alpha value is -1.61. The minimum absolute atomic E-state index is 0.170. The Morgan fingerprint density at radius 1 is 1.28 bits per heavy atom. The second-order valence-corrected chi connectivity index (χ2v) is 5.42. The molecule has 1 aliphatic carbocycles. The van der Waals surface area contributed by atoms with Crippen LogP contribution in [0.15, 0.2) is 30.5 Å². The molecule has 0 aliphatic heterocycles. The summed E-state index contributed by atoms with van der Waals surface area (Å²) >= 11 is 0. The average Bonchev–Trinajstić information content (AvgIpc) is 3.02. The van der Waals surface area contributed by atoms with Crippen molar-refractivity contribution in [3.8, 4) is 5.69 Å². The van der Waals surface area contributed by atoms with Crippen LogP contribution in [0.5, 0.6) is 0 Å². The summed E-state index contributed by atoms with van der Waals surface area (Å²) in [4.78, 5) is 0. The third-order valence-corrected chi connectivity index (χ3v) is 3.99. The van der Waals surface area contributed by atoms with Crippen LogP contribution in [0.25, 0.3) is 5.69 Å². The van der Waals surface area contributed by atoms with Crippen LogP contribution >= 0.6 is 0 Å². The van der Waals surface area contributed by atoms with Crippen LogP contribution in [0.1, 0.15) is 29.7 Å². The smallest absolute Gasteiger partial charge is 0.0703 e. The number of hydrogen-bond donors (Lipinski definition) is 1. The minimum Gasteiger partial charge on any atom is -0.330 e. The van der Waals surface area contributed by atoms with Crippen LogP contribution in [0.3, 0.4) is 0 Å². The van der Waals surface area contributed by atoms with E-state index in [1.165, 1.54) is 24.0 Å². The first-order chi connectivity index (χ1) is 8.64. The first kappa shape index (κ1) is 11.5. The van der Waals surface area contributed by atoms with Gasteiger partial charge in [-0.15, -0.1) is 0 Å². The molecule has 1 aliphatic rings. The fraction of sp³-hybridized carbons (Fsp3) is 0.400. The highest BCUT2D eigenvalue weighted by Gasteiger charge is 2.44. The SMILES string of the molecule is Cc1ccc(C)c(-n2ccc(C3(CN)CC3)n2)c1. The van der Waals surface area contributed by atoms with Crippen LogP contribution < -0.4 is 5.73 Å². The molecule has 0 saturated heterocycles. The highest BCUT2D eigenvalue weighted by atomic mass is 15.3. The molecule has 1 fully saturated rings. The van der Waals surface area contributed by atoms with Crippen molar-refractivity contribution in [1.29, 1.82) is 0 Å². The summed E-state index contributed by atoms with van der Waals surface area (Å²) in [5.41, 5.74) is 10.8. The van der Waals surface area contributed by atoms with E-state index in [-0.39, 0.29) is 5.41 Å². The number of aryl methyl sites for hydroxylation is 2. The molecule has 0 unspecified atom stereocenters. The third kappa shape index (κ3) is 1.75. The second kappa shape index (κ2) is 3.95. The Kier molecular flexibility index (Phi) is 2.52. The lowest BCUT2D eigenvalue weighted by molar-refractivity contribution is 0.660. The molecular formula is C15H19N3. The van der Waals surface area contributed by atoms with E-state index in [1.54, 1.807) is 0 Å². The van der Waals surface area contributed by atoms with Crippen molar-refractivity contribution in [1.82, 2.24) is 9.78 Å². The maximum Gasteiger partial charge on any atom is 0.0703 e. The summed E-state index contributed by atoms with van der Waals surface area (Å²) in [6.45, 7) is 4.93. The van der Waals surface area contributed by atoms with Crippen LogP contribution in [-0.4, -0.2) is 16.3 Å². The second-order valence-electron chi connectivity index (χ2n) is 5.42. The maximum atomic E-state index is 5.85. The lowest BCUT2D eigenvalue weighted by Crippen LogP contribution is -2.20. The highest BCUT2D eigenvalue weighted by Crippen LogP contribution is 2.46. The summed E-state index contributed by atoms with van der Waals surface area (Å²) in [6.07, 6.45) is 4.40. The zero-order valence-electron chi connectivity index (χ0n) is 11.0. The van der Waals surface area contributed by atoms with Gasteiger partial charge in [-0.2, -0.15) is 5.10 Å². The average molecular weight is 241 g/mol. The van der Waals surface area contributed by atoms with Gasteiger partial charge in [0.15, 0.2) is 0 Å². The molecule has 0 amide bonds. The summed E-state index contributed by atoms with van der Waals surface area (Å²) in [6, 6.07) is 8.56. The molecule has 1 heterocycles. The van der Waals surface area contributed by atoms with Gasteiger partial charge in [-0.05, 0) is 49.9 Å². The zero-order chi connectivity index (χ0) is 12.8. The van der Waals surface area contributed by atoms with E-state index in [9.17, 15) is 0 Å².